The van der Waals surface area contributed by atoms with E-state index in [4.69, 9.17) is 5.73 Å². The largest absolute Gasteiger partial charge is 0.368 e. The number of carbonyl (C=O) groups excluding carboxylic acids is 1. The van der Waals surface area contributed by atoms with Crippen LogP contribution in [0.5, 0.6) is 0 Å². The van der Waals surface area contributed by atoms with Crippen LogP contribution in [0, 0.1) is 6.92 Å². The molecule has 0 aromatic carbocycles. The van der Waals surface area contributed by atoms with Crippen LogP contribution in [-0.2, 0) is 17.9 Å². The molecule has 2 rings (SSSR count). The molecule has 1 amide bonds. The number of hydrogen-bond acceptors (Lipinski definition) is 3. The van der Waals surface area contributed by atoms with E-state index in [2.05, 4.69) is 16.6 Å². The van der Waals surface area contributed by atoms with Crippen molar-refractivity contribution in [2.24, 2.45) is 5.73 Å². The van der Waals surface area contributed by atoms with E-state index in [0.717, 1.165) is 37.2 Å². The van der Waals surface area contributed by atoms with Crippen molar-refractivity contribution in [1.82, 2.24) is 14.7 Å². The third-order valence-electron chi connectivity index (χ3n) is 3.43. The van der Waals surface area contributed by atoms with Crippen LogP contribution in [0.2, 0.25) is 0 Å². The Balaban J connectivity index is 2.08. The van der Waals surface area contributed by atoms with E-state index in [-0.39, 0.29) is 11.9 Å². The highest BCUT2D eigenvalue weighted by atomic mass is 16.1. The lowest BCUT2D eigenvalue weighted by Gasteiger charge is -2.21. The molecule has 5 heteroatoms. The average Bonchev–Trinajstić information content (AvgIpc) is 2.88. The number of likely N-dealkylation sites (tertiary alicyclic amines) is 1. The molecule has 0 aliphatic carbocycles. The first-order valence-corrected chi connectivity index (χ1v) is 6.29. The summed E-state index contributed by atoms with van der Waals surface area (Å²) in [5.74, 6) is -0.219. The highest BCUT2D eigenvalue weighted by molar-refractivity contribution is 5.80. The van der Waals surface area contributed by atoms with Crippen LogP contribution in [-0.4, -0.2) is 33.2 Å². The Hall–Kier alpha value is -1.62. The van der Waals surface area contributed by atoms with E-state index in [9.17, 15) is 4.79 Å². The van der Waals surface area contributed by atoms with E-state index in [0.29, 0.717) is 6.54 Å². The summed E-state index contributed by atoms with van der Waals surface area (Å²) in [6, 6.07) is -0.118. The van der Waals surface area contributed by atoms with Crippen LogP contribution in [0.1, 0.15) is 24.1 Å². The standard InChI is InChI=1S/C13H20N4O/c1-3-6-17-9-11(10(2)15-17)8-16-7-4-5-12(16)13(14)18/h3,9,12H,1,4-8H2,2H3,(H2,14,18)/t12-/m1/s1. The first-order chi connectivity index (χ1) is 8.61. The number of nitrogens with zero attached hydrogens (tertiary/aromatic N) is 3. The summed E-state index contributed by atoms with van der Waals surface area (Å²) in [6.07, 6.45) is 5.74. The van der Waals surface area contributed by atoms with Gasteiger partial charge in [0.15, 0.2) is 0 Å². The molecule has 1 aliphatic rings. The molecule has 1 atom stereocenters. The van der Waals surface area contributed by atoms with Crippen LogP contribution in [0.25, 0.3) is 0 Å². The Morgan fingerprint density at radius 3 is 3.17 bits per heavy atom. The summed E-state index contributed by atoms with van der Waals surface area (Å²) in [5, 5.41) is 4.41. The van der Waals surface area contributed by atoms with Crippen molar-refractivity contribution in [2.45, 2.75) is 38.9 Å². The van der Waals surface area contributed by atoms with Gasteiger partial charge in [0.25, 0.3) is 0 Å². The number of aryl methyl sites for hydroxylation is 1. The molecule has 98 valence electrons. The topological polar surface area (TPSA) is 64.2 Å². The fraction of sp³-hybridized carbons (Fsp3) is 0.538. The van der Waals surface area contributed by atoms with Gasteiger partial charge in [-0.1, -0.05) is 6.08 Å². The molecule has 5 nitrogen and oxygen atoms in total. The number of allylic oxidation sites excluding steroid dienone is 1. The molecule has 1 saturated heterocycles. The number of carbonyl (C=O) groups is 1. The highest BCUT2D eigenvalue weighted by Crippen LogP contribution is 2.20. The second-order valence-corrected chi connectivity index (χ2v) is 4.78. The van der Waals surface area contributed by atoms with Gasteiger partial charge in [-0.15, -0.1) is 6.58 Å². The Kier molecular flexibility index (Phi) is 3.81. The molecule has 2 N–H and O–H groups in total. The van der Waals surface area contributed by atoms with Gasteiger partial charge in [-0.3, -0.25) is 14.4 Å². The molecule has 0 spiro atoms. The Morgan fingerprint density at radius 1 is 1.72 bits per heavy atom. The van der Waals surface area contributed by atoms with Gasteiger partial charge in [0.1, 0.15) is 0 Å². The molecule has 0 saturated carbocycles. The lowest BCUT2D eigenvalue weighted by molar-refractivity contribution is -0.122. The van der Waals surface area contributed by atoms with Crippen molar-refractivity contribution in [2.75, 3.05) is 6.54 Å². The summed E-state index contributed by atoms with van der Waals surface area (Å²) >= 11 is 0. The summed E-state index contributed by atoms with van der Waals surface area (Å²) < 4.78 is 1.87. The van der Waals surface area contributed by atoms with Crippen molar-refractivity contribution in [1.29, 1.82) is 0 Å². The Morgan fingerprint density at radius 2 is 2.50 bits per heavy atom. The molecule has 1 fully saturated rings. The number of nitrogens with two attached hydrogens (primary N) is 1. The molecule has 0 bridgehead atoms. The third kappa shape index (κ3) is 2.61. The fourth-order valence-electron chi connectivity index (χ4n) is 2.50. The zero-order valence-electron chi connectivity index (χ0n) is 10.8. The predicted octanol–water partition coefficient (Wildman–Crippen LogP) is 0.827. The molecule has 1 aliphatic heterocycles. The molecular weight excluding hydrogens is 228 g/mol. The second kappa shape index (κ2) is 5.35. The lowest BCUT2D eigenvalue weighted by Crippen LogP contribution is -2.39. The quantitative estimate of drug-likeness (QED) is 0.785. The summed E-state index contributed by atoms with van der Waals surface area (Å²) in [6.45, 7) is 8.08. The van der Waals surface area contributed by atoms with Crippen molar-refractivity contribution in [3.63, 3.8) is 0 Å². The number of rotatable bonds is 5. The minimum absolute atomic E-state index is 0.118. The van der Waals surface area contributed by atoms with Crippen molar-refractivity contribution in [3.05, 3.63) is 30.1 Å². The van der Waals surface area contributed by atoms with E-state index in [1.165, 1.54) is 0 Å². The molecule has 1 aromatic rings. The van der Waals surface area contributed by atoms with Gasteiger partial charge in [0.05, 0.1) is 18.3 Å². The molecule has 2 heterocycles. The van der Waals surface area contributed by atoms with Crippen molar-refractivity contribution in [3.8, 4) is 0 Å². The number of primary amides is 1. The van der Waals surface area contributed by atoms with Gasteiger partial charge in [0.2, 0.25) is 5.91 Å². The molecule has 18 heavy (non-hydrogen) atoms. The fourth-order valence-corrected chi connectivity index (χ4v) is 2.50. The average molecular weight is 248 g/mol. The number of hydrogen-bond donors (Lipinski definition) is 1. The zero-order valence-corrected chi connectivity index (χ0v) is 10.8. The number of aromatic nitrogens is 2. The smallest absolute Gasteiger partial charge is 0.234 e. The van der Waals surface area contributed by atoms with Gasteiger partial charge >= 0.3 is 0 Å². The van der Waals surface area contributed by atoms with E-state index in [1.54, 1.807) is 0 Å². The van der Waals surface area contributed by atoms with Crippen LogP contribution in [0.4, 0.5) is 0 Å². The van der Waals surface area contributed by atoms with Gasteiger partial charge in [-0.2, -0.15) is 5.10 Å². The van der Waals surface area contributed by atoms with Gasteiger partial charge in [0, 0.05) is 18.3 Å². The summed E-state index contributed by atoms with van der Waals surface area (Å²) in [4.78, 5) is 13.5. The number of amides is 1. The Labute approximate surface area is 107 Å². The minimum Gasteiger partial charge on any atom is -0.368 e. The van der Waals surface area contributed by atoms with Gasteiger partial charge in [-0.05, 0) is 26.3 Å². The predicted molar refractivity (Wildman–Crippen MR) is 69.8 cm³/mol. The normalized spacial score (nSPS) is 20.2. The van der Waals surface area contributed by atoms with Crippen LogP contribution in [0.15, 0.2) is 18.9 Å². The van der Waals surface area contributed by atoms with Gasteiger partial charge in [-0.25, -0.2) is 0 Å². The van der Waals surface area contributed by atoms with E-state index < -0.39 is 0 Å². The molecule has 0 radical (unpaired) electrons. The SMILES string of the molecule is C=CCn1cc(CN2CCC[C@@H]2C(N)=O)c(C)n1. The van der Waals surface area contributed by atoms with Gasteiger partial charge < -0.3 is 5.73 Å². The molecule has 0 unspecified atom stereocenters. The molecule has 1 aromatic heterocycles. The summed E-state index contributed by atoms with van der Waals surface area (Å²) in [7, 11) is 0. The van der Waals surface area contributed by atoms with Crippen molar-refractivity contribution < 1.29 is 4.79 Å². The monoisotopic (exact) mass is 248 g/mol. The first-order valence-electron chi connectivity index (χ1n) is 6.29. The third-order valence-corrected chi connectivity index (χ3v) is 3.43. The van der Waals surface area contributed by atoms with Crippen LogP contribution >= 0.6 is 0 Å². The first kappa shape index (κ1) is 12.8. The maximum absolute atomic E-state index is 11.3. The van der Waals surface area contributed by atoms with Crippen LogP contribution < -0.4 is 5.73 Å². The van der Waals surface area contributed by atoms with E-state index in [1.807, 2.05) is 23.9 Å². The van der Waals surface area contributed by atoms with Crippen molar-refractivity contribution >= 4 is 5.91 Å². The lowest BCUT2D eigenvalue weighted by atomic mass is 10.2. The summed E-state index contributed by atoms with van der Waals surface area (Å²) in [5.41, 5.74) is 7.58. The van der Waals surface area contributed by atoms with Crippen LogP contribution in [0.3, 0.4) is 0 Å². The maximum atomic E-state index is 11.3. The Bertz CT molecular complexity index is 452. The highest BCUT2D eigenvalue weighted by Gasteiger charge is 2.29. The molecular formula is C13H20N4O. The minimum atomic E-state index is -0.219. The maximum Gasteiger partial charge on any atom is 0.234 e. The second-order valence-electron chi connectivity index (χ2n) is 4.78. The van der Waals surface area contributed by atoms with E-state index >= 15 is 0 Å². The zero-order chi connectivity index (χ0) is 13.1.